The number of carbonyl (C=O) groups excluding carboxylic acids is 1. The Morgan fingerprint density at radius 3 is 2.66 bits per heavy atom. The van der Waals surface area contributed by atoms with Crippen LogP contribution in [0.5, 0.6) is 0 Å². The fourth-order valence-electron chi connectivity index (χ4n) is 4.91. The summed E-state index contributed by atoms with van der Waals surface area (Å²) in [6, 6.07) is 17.9. The second-order valence-corrected chi connectivity index (χ2v) is 8.33. The molecule has 29 heavy (non-hydrogen) atoms. The predicted octanol–water partition coefficient (Wildman–Crippen LogP) is 4.06. The average Bonchev–Trinajstić information content (AvgIpc) is 3.23. The van der Waals surface area contributed by atoms with E-state index in [0.717, 1.165) is 34.9 Å². The Hall–Kier alpha value is -2.63. The van der Waals surface area contributed by atoms with E-state index in [2.05, 4.69) is 17.1 Å². The van der Waals surface area contributed by atoms with Crippen LogP contribution in [0.3, 0.4) is 0 Å². The highest BCUT2D eigenvalue weighted by Gasteiger charge is 2.44. The first-order chi connectivity index (χ1) is 14.1. The van der Waals surface area contributed by atoms with E-state index in [1.165, 1.54) is 0 Å². The van der Waals surface area contributed by atoms with Gasteiger partial charge in [-0.2, -0.15) is 0 Å². The molecule has 2 fully saturated rings. The number of aliphatic hydroxyl groups is 1. The van der Waals surface area contributed by atoms with Crippen LogP contribution >= 0.6 is 0 Å². The Morgan fingerprint density at radius 2 is 1.86 bits per heavy atom. The molecule has 1 aromatic heterocycles. The zero-order valence-electron chi connectivity index (χ0n) is 16.4. The zero-order valence-corrected chi connectivity index (χ0v) is 16.4. The number of aromatic amines is 1. The number of hydrogen-bond donors (Lipinski definition) is 2. The smallest absolute Gasteiger partial charge is 0.254 e. The molecule has 3 heterocycles. The van der Waals surface area contributed by atoms with Crippen molar-refractivity contribution in [3.63, 3.8) is 0 Å². The van der Waals surface area contributed by atoms with Crippen molar-refractivity contribution < 1.29 is 14.6 Å². The number of piperidine rings is 1. The first-order valence-electron chi connectivity index (χ1n) is 10.4. The highest BCUT2D eigenvalue weighted by atomic mass is 16.5. The Labute approximate surface area is 170 Å². The first kappa shape index (κ1) is 18.4. The molecule has 150 valence electrons. The summed E-state index contributed by atoms with van der Waals surface area (Å²) in [5.74, 6) is 0.0704. The number of ether oxygens (including phenoxy) is 1. The Bertz CT molecular complexity index is 1010. The van der Waals surface area contributed by atoms with Crippen LogP contribution in [0.2, 0.25) is 0 Å². The van der Waals surface area contributed by atoms with Gasteiger partial charge in [0.15, 0.2) is 0 Å². The van der Waals surface area contributed by atoms with Crippen LogP contribution in [-0.2, 0) is 4.74 Å². The molecule has 2 aliphatic heterocycles. The van der Waals surface area contributed by atoms with Crippen LogP contribution in [0.25, 0.3) is 10.9 Å². The van der Waals surface area contributed by atoms with Gasteiger partial charge in [-0.05, 0) is 36.6 Å². The van der Waals surface area contributed by atoms with Gasteiger partial charge in [-0.1, -0.05) is 36.4 Å². The zero-order chi connectivity index (χ0) is 19.8. The molecule has 2 aromatic carbocycles. The standard InChI is InChI=1S/C24H26N2O3/c27-18-15-22(17-5-2-1-3-6-17)29-24(16-18)10-13-26(14-11-24)23(28)20-7-4-8-21-19(20)9-12-25-21/h1-9,12,18,22,25,27H,10-11,13-16H2/t18-,22+/m0/s1. The molecule has 0 unspecified atom stereocenters. The number of nitrogens with zero attached hydrogens (tertiary/aromatic N) is 1. The molecular formula is C24H26N2O3. The van der Waals surface area contributed by atoms with E-state index in [1.807, 2.05) is 53.6 Å². The number of aromatic nitrogens is 1. The lowest BCUT2D eigenvalue weighted by molar-refractivity contribution is -0.181. The lowest BCUT2D eigenvalue weighted by Gasteiger charge is -2.48. The second kappa shape index (κ2) is 7.32. The lowest BCUT2D eigenvalue weighted by atomic mass is 9.80. The van der Waals surface area contributed by atoms with E-state index in [4.69, 9.17) is 4.74 Å². The molecule has 5 nitrogen and oxygen atoms in total. The molecular weight excluding hydrogens is 364 g/mol. The maximum absolute atomic E-state index is 13.2. The van der Waals surface area contributed by atoms with Crippen molar-refractivity contribution in [2.75, 3.05) is 13.1 Å². The molecule has 0 aliphatic carbocycles. The minimum atomic E-state index is -0.371. The van der Waals surface area contributed by atoms with Crippen LogP contribution in [0, 0.1) is 0 Å². The van der Waals surface area contributed by atoms with Gasteiger partial charge in [-0.3, -0.25) is 4.79 Å². The van der Waals surface area contributed by atoms with E-state index in [0.29, 0.717) is 25.9 Å². The summed E-state index contributed by atoms with van der Waals surface area (Å²) >= 11 is 0. The maximum atomic E-state index is 13.2. The fourth-order valence-corrected chi connectivity index (χ4v) is 4.91. The molecule has 0 saturated carbocycles. The molecule has 0 bridgehead atoms. The number of nitrogens with one attached hydrogen (secondary N) is 1. The third-order valence-corrected chi connectivity index (χ3v) is 6.44. The van der Waals surface area contributed by atoms with E-state index >= 15 is 0 Å². The molecule has 0 radical (unpaired) electrons. The van der Waals surface area contributed by atoms with Gasteiger partial charge < -0.3 is 19.7 Å². The summed E-state index contributed by atoms with van der Waals surface area (Å²) in [6.07, 6.45) is 4.19. The number of H-pyrrole nitrogens is 1. The van der Waals surface area contributed by atoms with E-state index in [-0.39, 0.29) is 23.7 Å². The maximum Gasteiger partial charge on any atom is 0.254 e. The Morgan fingerprint density at radius 1 is 1.07 bits per heavy atom. The van der Waals surface area contributed by atoms with E-state index in [1.54, 1.807) is 0 Å². The highest BCUT2D eigenvalue weighted by molar-refractivity contribution is 6.06. The summed E-state index contributed by atoms with van der Waals surface area (Å²) in [7, 11) is 0. The molecule has 1 spiro atoms. The lowest BCUT2D eigenvalue weighted by Crippen LogP contribution is -2.52. The number of hydrogen-bond acceptors (Lipinski definition) is 3. The summed E-state index contributed by atoms with van der Waals surface area (Å²) in [5, 5.41) is 11.5. The van der Waals surface area contributed by atoms with Gasteiger partial charge in [0.2, 0.25) is 0 Å². The minimum absolute atomic E-state index is 0.0704. The number of likely N-dealkylation sites (tertiary alicyclic amines) is 1. The second-order valence-electron chi connectivity index (χ2n) is 8.33. The van der Waals surface area contributed by atoms with Gasteiger partial charge in [-0.15, -0.1) is 0 Å². The molecule has 2 aliphatic rings. The summed E-state index contributed by atoms with van der Waals surface area (Å²) < 4.78 is 6.56. The van der Waals surface area contributed by atoms with Crippen molar-refractivity contribution in [1.82, 2.24) is 9.88 Å². The SMILES string of the molecule is O=C(c1cccc2[nH]ccc12)N1CCC2(CC1)C[C@@H](O)C[C@H](c1ccccc1)O2. The van der Waals surface area contributed by atoms with E-state index in [9.17, 15) is 9.90 Å². The van der Waals surface area contributed by atoms with Gasteiger partial charge >= 0.3 is 0 Å². The fraction of sp³-hybridized carbons (Fsp3) is 0.375. The third kappa shape index (κ3) is 3.45. The molecule has 5 heteroatoms. The first-order valence-corrected chi connectivity index (χ1v) is 10.4. The average molecular weight is 390 g/mol. The number of benzene rings is 2. The molecule has 2 saturated heterocycles. The summed E-state index contributed by atoms with van der Waals surface area (Å²) in [5.41, 5.74) is 2.48. The van der Waals surface area contributed by atoms with Crippen LogP contribution in [0.1, 0.15) is 47.7 Å². The monoisotopic (exact) mass is 390 g/mol. The van der Waals surface area contributed by atoms with Crippen molar-refractivity contribution in [2.24, 2.45) is 0 Å². The minimum Gasteiger partial charge on any atom is -0.393 e. The van der Waals surface area contributed by atoms with Crippen LogP contribution in [0.4, 0.5) is 0 Å². The summed E-state index contributed by atoms with van der Waals surface area (Å²) in [6.45, 7) is 1.29. The van der Waals surface area contributed by atoms with Crippen molar-refractivity contribution in [1.29, 1.82) is 0 Å². The van der Waals surface area contributed by atoms with Gasteiger partial charge in [-0.25, -0.2) is 0 Å². The third-order valence-electron chi connectivity index (χ3n) is 6.44. The predicted molar refractivity (Wildman–Crippen MR) is 112 cm³/mol. The molecule has 5 rings (SSSR count). The van der Waals surface area contributed by atoms with Crippen molar-refractivity contribution >= 4 is 16.8 Å². The van der Waals surface area contributed by atoms with Crippen LogP contribution < -0.4 is 0 Å². The van der Waals surface area contributed by atoms with Crippen molar-refractivity contribution in [3.8, 4) is 0 Å². The highest BCUT2D eigenvalue weighted by Crippen LogP contribution is 2.43. The largest absolute Gasteiger partial charge is 0.393 e. The molecule has 1 amide bonds. The topological polar surface area (TPSA) is 65.6 Å². The van der Waals surface area contributed by atoms with Crippen molar-refractivity contribution in [3.05, 3.63) is 71.9 Å². The quantitative estimate of drug-likeness (QED) is 0.694. The Balaban J connectivity index is 1.31. The van der Waals surface area contributed by atoms with Gasteiger partial charge in [0.05, 0.1) is 17.8 Å². The molecule has 2 atom stereocenters. The number of amides is 1. The van der Waals surface area contributed by atoms with Crippen LogP contribution in [0.15, 0.2) is 60.8 Å². The molecule has 2 N–H and O–H groups in total. The number of rotatable bonds is 2. The normalized spacial score (nSPS) is 24.1. The van der Waals surface area contributed by atoms with Gasteiger partial charge in [0.25, 0.3) is 5.91 Å². The number of carbonyl (C=O) groups is 1. The number of aliphatic hydroxyl groups excluding tert-OH is 1. The van der Waals surface area contributed by atoms with Crippen LogP contribution in [-0.4, -0.2) is 45.7 Å². The van der Waals surface area contributed by atoms with Gasteiger partial charge in [0, 0.05) is 48.6 Å². The van der Waals surface area contributed by atoms with Crippen molar-refractivity contribution in [2.45, 2.75) is 43.5 Å². The number of fused-ring (bicyclic) bond motifs is 1. The van der Waals surface area contributed by atoms with E-state index < -0.39 is 0 Å². The Kier molecular flexibility index (Phi) is 4.64. The summed E-state index contributed by atoms with van der Waals surface area (Å²) in [4.78, 5) is 18.3. The van der Waals surface area contributed by atoms with Gasteiger partial charge in [0.1, 0.15) is 0 Å². The molecule has 3 aromatic rings.